The molecule has 1 aliphatic heterocycles. The molecule has 2 atom stereocenters. The number of hydrogen-bond donors (Lipinski definition) is 2. The fourth-order valence-corrected chi connectivity index (χ4v) is 3.86. The highest BCUT2D eigenvalue weighted by Crippen LogP contribution is 2.29. The molecule has 0 bridgehead atoms. The molecule has 2 amide bonds. The van der Waals surface area contributed by atoms with Gasteiger partial charge in [0.2, 0.25) is 5.91 Å². The number of aromatic amines is 1. The van der Waals surface area contributed by atoms with Gasteiger partial charge >= 0.3 is 0 Å². The van der Waals surface area contributed by atoms with Crippen LogP contribution in [0.1, 0.15) is 22.0 Å². The number of aromatic nitrogens is 4. The Hall–Kier alpha value is -3.20. The molecule has 1 saturated heterocycles. The van der Waals surface area contributed by atoms with Crippen molar-refractivity contribution in [3.8, 4) is 0 Å². The van der Waals surface area contributed by atoms with Gasteiger partial charge in [-0.15, -0.1) is 0 Å². The summed E-state index contributed by atoms with van der Waals surface area (Å²) < 4.78 is 6.71. The molecular weight excluding hydrogens is 360 g/mol. The highest BCUT2D eigenvalue weighted by molar-refractivity contribution is 6.05. The highest BCUT2D eigenvalue weighted by Gasteiger charge is 2.39. The van der Waals surface area contributed by atoms with Crippen molar-refractivity contribution in [3.63, 3.8) is 0 Å². The molecule has 2 N–H and O–H groups in total. The Bertz CT molecular complexity index is 1010. The van der Waals surface area contributed by atoms with Gasteiger partial charge in [-0.3, -0.25) is 19.4 Å². The number of para-hydroxylation sites is 1. The van der Waals surface area contributed by atoms with Gasteiger partial charge in [0.15, 0.2) is 0 Å². The average molecular weight is 382 g/mol. The van der Waals surface area contributed by atoms with E-state index in [1.54, 1.807) is 28.0 Å². The van der Waals surface area contributed by atoms with Crippen LogP contribution in [0.3, 0.4) is 0 Å². The van der Waals surface area contributed by atoms with E-state index < -0.39 is 0 Å². The molecule has 1 aliphatic rings. The minimum atomic E-state index is -0.219. The summed E-state index contributed by atoms with van der Waals surface area (Å²) in [6.07, 6.45) is 3.42. The maximum atomic E-state index is 13.2. The van der Waals surface area contributed by atoms with E-state index in [4.69, 9.17) is 4.74 Å². The van der Waals surface area contributed by atoms with Crippen molar-refractivity contribution in [1.82, 2.24) is 30.2 Å². The first-order valence-electron chi connectivity index (χ1n) is 9.06. The molecule has 3 heterocycles. The van der Waals surface area contributed by atoms with Crippen LogP contribution in [-0.2, 0) is 16.6 Å². The van der Waals surface area contributed by atoms with Crippen LogP contribution in [0.5, 0.6) is 0 Å². The van der Waals surface area contributed by atoms with Crippen molar-refractivity contribution < 1.29 is 14.3 Å². The Morgan fingerprint density at radius 1 is 1.32 bits per heavy atom. The molecule has 9 heteroatoms. The Kier molecular flexibility index (Phi) is 4.82. The van der Waals surface area contributed by atoms with Gasteiger partial charge in [-0.1, -0.05) is 12.1 Å². The van der Waals surface area contributed by atoms with E-state index in [2.05, 4.69) is 20.6 Å². The molecule has 9 nitrogen and oxygen atoms in total. The van der Waals surface area contributed by atoms with Gasteiger partial charge in [-0.05, 0) is 12.1 Å². The molecule has 28 heavy (non-hydrogen) atoms. The van der Waals surface area contributed by atoms with Crippen molar-refractivity contribution in [1.29, 1.82) is 0 Å². The number of methoxy groups -OCH3 is 1. The summed E-state index contributed by atoms with van der Waals surface area (Å²) in [5.41, 5.74) is 2.26. The fraction of sp³-hybridized carbons (Fsp3) is 0.368. The molecule has 3 aromatic rings. The summed E-state index contributed by atoms with van der Waals surface area (Å²) >= 11 is 0. The predicted molar refractivity (Wildman–Crippen MR) is 102 cm³/mol. The first-order valence-corrected chi connectivity index (χ1v) is 9.06. The summed E-state index contributed by atoms with van der Waals surface area (Å²) in [5.74, 6) is -0.353. The number of ether oxygens (including phenoxy) is 1. The second kappa shape index (κ2) is 7.43. The molecule has 0 aliphatic carbocycles. The topological polar surface area (TPSA) is 105 Å². The van der Waals surface area contributed by atoms with E-state index in [1.165, 1.54) is 7.11 Å². The summed E-state index contributed by atoms with van der Waals surface area (Å²) in [7, 11) is 3.34. The number of fused-ring (bicyclic) bond motifs is 1. The van der Waals surface area contributed by atoms with Gasteiger partial charge in [0.1, 0.15) is 6.61 Å². The minimum absolute atomic E-state index is 0.0179. The Morgan fingerprint density at radius 2 is 2.18 bits per heavy atom. The lowest BCUT2D eigenvalue weighted by Crippen LogP contribution is -2.42. The van der Waals surface area contributed by atoms with Crippen LogP contribution in [0.15, 0.2) is 36.7 Å². The lowest BCUT2D eigenvalue weighted by atomic mass is 9.99. The second-order valence-corrected chi connectivity index (χ2v) is 6.94. The van der Waals surface area contributed by atoms with Gasteiger partial charge in [-0.2, -0.15) is 10.2 Å². The van der Waals surface area contributed by atoms with Crippen LogP contribution >= 0.6 is 0 Å². The summed E-state index contributed by atoms with van der Waals surface area (Å²) in [5, 5.41) is 15.1. The van der Waals surface area contributed by atoms with Crippen LogP contribution in [0.25, 0.3) is 10.9 Å². The van der Waals surface area contributed by atoms with Gasteiger partial charge in [0.25, 0.3) is 5.91 Å². The largest absolute Gasteiger partial charge is 0.375 e. The normalized spacial score (nSPS) is 19.3. The molecule has 0 spiro atoms. The van der Waals surface area contributed by atoms with E-state index in [1.807, 2.05) is 25.2 Å². The fourth-order valence-electron chi connectivity index (χ4n) is 3.86. The highest BCUT2D eigenvalue weighted by atomic mass is 16.5. The SMILES string of the molecule is COCC(=O)N[C@@H]1CN(C(=O)c2cccc3cn[nH]c23)C[C@H]1c1ccnn1C. The van der Waals surface area contributed by atoms with Gasteiger partial charge in [-0.25, -0.2) is 0 Å². The number of carbonyl (C=O) groups excluding carboxylic acids is 2. The molecule has 1 aromatic carbocycles. The third-order valence-corrected chi connectivity index (χ3v) is 5.17. The van der Waals surface area contributed by atoms with E-state index in [-0.39, 0.29) is 30.4 Å². The van der Waals surface area contributed by atoms with E-state index in [0.717, 1.165) is 16.6 Å². The maximum absolute atomic E-state index is 13.2. The quantitative estimate of drug-likeness (QED) is 0.675. The molecule has 4 rings (SSSR count). The minimum Gasteiger partial charge on any atom is -0.375 e. The van der Waals surface area contributed by atoms with Crippen LogP contribution in [-0.4, -0.2) is 69.5 Å². The lowest BCUT2D eigenvalue weighted by molar-refractivity contribution is -0.125. The number of amides is 2. The molecule has 0 saturated carbocycles. The molecule has 2 aromatic heterocycles. The summed E-state index contributed by atoms with van der Waals surface area (Å²) in [6, 6.07) is 7.24. The zero-order chi connectivity index (χ0) is 19.7. The lowest BCUT2D eigenvalue weighted by Gasteiger charge is -2.19. The van der Waals surface area contributed by atoms with Crippen molar-refractivity contribution in [2.75, 3.05) is 26.8 Å². The van der Waals surface area contributed by atoms with Gasteiger partial charge < -0.3 is 15.0 Å². The number of likely N-dealkylation sites (tertiary alicyclic amines) is 1. The zero-order valence-electron chi connectivity index (χ0n) is 15.8. The Morgan fingerprint density at radius 3 is 2.93 bits per heavy atom. The second-order valence-electron chi connectivity index (χ2n) is 6.94. The molecule has 146 valence electrons. The third-order valence-electron chi connectivity index (χ3n) is 5.17. The number of nitrogens with zero attached hydrogens (tertiary/aromatic N) is 4. The van der Waals surface area contributed by atoms with Crippen LogP contribution in [0, 0.1) is 0 Å². The number of benzene rings is 1. The first-order chi connectivity index (χ1) is 13.6. The summed E-state index contributed by atoms with van der Waals surface area (Å²) in [4.78, 5) is 27.1. The van der Waals surface area contributed by atoms with Crippen LogP contribution in [0.2, 0.25) is 0 Å². The van der Waals surface area contributed by atoms with E-state index in [9.17, 15) is 9.59 Å². The number of H-pyrrole nitrogens is 1. The first kappa shape index (κ1) is 18.2. The molecule has 1 fully saturated rings. The standard InChI is InChI=1S/C19H22N6O3/c1-24-16(6-7-21-24)14-9-25(10-15(14)22-17(26)11-28-2)19(27)13-5-3-4-12-8-20-23-18(12)13/h3-8,14-15H,9-11H2,1-2H3,(H,20,23)(H,22,26)/t14-,15-/m1/s1. The number of hydrogen-bond acceptors (Lipinski definition) is 5. The number of nitrogens with one attached hydrogen (secondary N) is 2. The average Bonchev–Trinajstić information content (AvgIpc) is 3.40. The van der Waals surface area contributed by atoms with E-state index in [0.29, 0.717) is 18.7 Å². The van der Waals surface area contributed by atoms with Crippen LogP contribution in [0.4, 0.5) is 0 Å². The van der Waals surface area contributed by atoms with Crippen LogP contribution < -0.4 is 5.32 Å². The third kappa shape index (κ3) is 3.24. The van der Waals surface area contributed by atoms with Crippen molar-refractivity contribution >= 4 is 22.7 Å². The number of rotatable bonds is 5. The van der Waals surface area contributed by atoms with Crippen molar-refractivity contribution in [3.05, 3.63) is 47.9 Å². The Balaban J connectivity index is 1.62. The van der Waals surface area contributed by atoms with Crippen molar-refractivity contribution in [2.45, 2.75) is 12.0 Å². The smallest absolute Gasteiger partial charge is 0.256 e. The maximum Gasteiger partial charge on any atom is 0.256 e. The zero-order valence-corrected chi connectivity index (χ0v) is 15.8. The summed E-state index contributed by atoms with van der Waals surface area (Å²) in [6.45, 7) is 0.880. The van der Waals surface area contributed by atoms with Crippen molar-refractivity contribution in [2.24, 2.45) is 7.05 Å². The van der Waals surface area contributed by atoms with E-state index >= 15 is 0 Å². The molecule has 0 unspecified atom stereocenters. The predicted octanol–water partition coefficient (Wildman–Crippen LogP) is 0.667. The number of carbonyl (C=O) groups is 2. The monoisotopic (exact) mass is 382 g/mol. The molecule has 0 radical (unpaired) electrons. The molecular formula is C19H22N6O3. The van der Waals surface area contributed by atoms with Gasteiger partial charge in [0, 0.05) is 50.4 Å². The number of aryl methyl sites for hydroxylation is 1. The Labute approximate surface area is 161 Å². The van der Waals surface area contributed by atoms with Gasteiger partial charge in [0.05, 0.1) is 23.3 Å².